The molecule has 0 aliphatic carbocycles. The van der Waals surface area contributed by atoms with Crippen LogP contribution in [-0.4, -0.2) is 53.0 Å². The lowest BCUT2D eigenvalue weighted by molar-refractivity contribution is 0.0600. The van der Waals surface area contributed by atoms with Crippen molar-refractivity contribution in [1.82, 2.24) is 39.9 Å². The molecule has 4 aliphatic rings. The predicted octanol–water partition coefficient (Wildman–Crippen LogP) is 14.2. The highest BCUT2D eigenvalue weighted by molar-refractivity contribution is 5.95. The number of carbonyl (C=O) groups excluding carboxylic acids is 1. The SMILES string of the molecule is COC(=O)c1ccc(-c2c3nc(cc4ccc([nH]4)c(-c4ccc(C#Cc5ccc(-c6c7nc(cc8ccc(cc9nc(cc%10ccc6[nH]%10)CC9(C)C)[nH]8)C=C7)cc5)cc4)c4nc(cc5ccc2[nH]5)C=C4)C=C3)cc1. The van der Waals surface area contributed by atoms with E-state index in [-0.39, 0.29) is 11.4 Å². The van der Waals surface area contributed by atoms with Gasteiger partial charge in [0.15, 0.2) is 0 Å². The fraction of sp³-hybridized carbons (Fsp3) is 0.0781. The van der Waals surface area contributed by atoms with Gasteiger partial charge in [0.25, 0.3) is 0 Å². The van der Waals surface area contributed by atoms with Crippen molar-refractivity contribution < 1.29 is 9.53 Å². The van der Waals surface area contributed by atoms with E-state index in [9.17, 15) is 4.79 Å². The number of hydrogen-bond donors (Lipinski definition) is 4. The molecule has 0 radical (unpaired) electrons. The summed E-state index contributed by atoms with van der Waals surface area (Å²) in [4.78, 5) is 47.1. The Hall–Kier alpha value is -9.85. The molecule has 0 spiro atoms. The highest BCUT2D eigenvalue weighted by Crippen LogP contribution is 2.35. The lowest BCUT2D eigenvalue weighted by Crippen LogP contribution is -2.14. The van der Waals surface area contributed by atoms with Crippen LogP contribution in [0.2, 0.25) is 0 Å². The molecule has 10 heteroatoms. The number of fused-ring (bicyclic) bond motifs is 16. The van der Waals surface area contributed by atoms with Crippen molar-refractivity contribution in [2.24, 2.45) is 0 Å². The van der Waals surface area contributed by atoms with Gasteiger partial charge in [-0.3, -0.25) is 4.98 Å². The number of aromatic amines is 4. The number of benzene rings is 3. The maximum Gasteiger partial charge on any atom is 0.337 e. The fourth-order valence-corrected chi connectivity index (χ4v) is 10.1. The minimum Gasteiger partial charge on any atom is -0.465 e. The van der Waals surface area contributed by atoms with Gasteiger partial charge in [-0.05, 0) is 168 Å². The van der Waals surface area contributed by atoms with E-state index in [0.717, 1.165) is 141 Å². The van der Waals surface area contributed by atoms with Crippen molar-refractivity contribution in [3.05, 3.63) is 214 Å². The largest absolute Gasteiger partial charge is 0.465 e. The molecule has 6 aromatic heterocycles. The van der Waals surface area contributed by atoms with Crippen molar-refractivity contribution >= 4 is 86.6 Å². The molecule has 4 N–H and O–H groups in total. The molecule has 0 unspecified atom stereocenters. The first-order valence-electron chi connectivity index (χ1n) is 24.5. The van der Waals surface area contributed by atoms with Gasteiger partial charge in [0.05, 0.1) is 46.8 Å². The Morgan fingerprint density at radius 1 is 0.459 bits per heavy atom. The molecule has 0 atom stereocenters. The molecule has 354 valence electrons. The number of nitrogens with zero attached hydrogens (tertiary/aromatic N) is 4. The summed E-state index contributed by atoms with van der Waals surface area (Å²) in [6.07, 6.45) is 13.1. The maximum absolute atomic E-state index is 12.2. The molecule has 4 aliphatic heterocycles. The lowest BCUT2D eigenvalue weighted by Gasteiger charge is -2.15. The van der Waals surface area contributed by atoms with Gasteiger partial charge >= 0.3 is 5.97 Å². The summed E-state index contributed by atoms with van der Waals surface area (Å²) in [5, 5.41) is 0. The summed E-state index contributed by atoms with van der Waals surface area (Å²) in [5.74, 6) is 6.44. The summed E-state index contributed by atoms with van der Waals surface area (Å²) in [7, 11) is 1.38. The normalized spacial score (nSPS) is 13.2. The maximum atomic E-state index is 12.2. The van der Waals surface area contributed by atoms with Crippen LogP contribution in [0.1, 0.15) is 80.9 Å². The molecule has 16 bridgehead atoms. The Balaban J connectivity index is 0.832. The van der Waals surface area contributed by atoms with Crippen LogP contribution in [0.4, 0.5) is 0 Å². The first-order valence-corrected chi connectivity index (χ1v) is 24.5. The standard InChI is InChI=1S/C64H46N8O2/c1-64(2)37-52-35-50-25-31-56(71-50)61(53-26-20-45(66-53)32-44-18-19-51(65-44)36-59(64)72-52)41-12-8-39(9-13-41)5-4-38-6-10-40(11-7-38)60-54-27-21-46(67-54)33-48-23-29-57(69-48)62(42-14-16-43(17-15-42)63(73)74-3)58-30-24-49(70-58)34-47-22-28-55(60)68-47/h6-36,65,67,70-71H,37H2,1-3H3. The fourth-order valence-electron chi connectivity index (χ4n) is 10.1. The highest BCUT2D eigenvalue weighted by atomic mass is 16.5. The summed E-state index contributed by atoms with van der Waals surface area (Å²) < 4.78 is 4.94. The third-order valence-electron chi connectivity index (χ3n) is 13.8. The number of ether oxygens (including phenoxy) is 1. The molecule has 0 amide bonds. The molecule has 0 saturated heterocycles. The van der Waals surface area contributed by atoms with Crippen LogP contribution in [0.5, 0.6) is 0 Å². The summed E-state index contributed by atoms with van der Waals surface area (Å²) >= 11 is 0. The summed E-state index contributed by atoms with van der Waals surface area (Å²) in [5.41, 5.74) is 22.8. The quantitative estimate of drug-likeness (QED) is 0.102. The average molecular weight is 959 g/mol. The number of methoxy groups -OCH3 is 1. The number of hydrogen-bond acceptors (Lipinski definition) is 6. The van der Waals surface area contributed by atoms with Crippen molar-refractivity contribution in [3.63, 3.8) is 0 Å². The van der Waals surface area contributed by atoms with Gasteiger partial charge < -0.3 is 24.7 Å². The zero-order chi connectivity index (χ0) is 49.9. The minimum absolute atomic E-state index is 0.0789. The van der Waals surface area contributed by atoms with Crippen LogP contribution in [0.3, 0.4) is 0 Å². The highest BCUT2D eigenvalue weighted by Gasteiger charge is 2.28. The predicted molar refractivity (Wildman–Crippen MR) is 299 cm³/mol. The van der Waals surface area contributed by atoms with E-state index in [1.807, 2.05) is 48.6 Å². The van der Waals surface area contributed by atoms with Crippen molar-refractivity contribution in [1.29, 1.82) is 0 Å². The van der Waals surface area contributed by atoms with E-state index in [4.69, 9.17) is 24.7 Å². The number of nitrogens with one attached hydrogen (secondary N) is 4. The van der Waals surface area contributed by atoms with Gasteiger partial charge in [-0.1, -0.05) is 62.1 Å². The Morgan fingerprint density at radius 2 is 0.851 bits per heavy atom. The molecule has 74 heavy (non-hydrogen) atoms. The van der Waals surface area contributed by atoms with Gasteiger partial charge in [0.1, 0.15) is 0 Å². The molecule has 9 aromatic rings. The Labute approximate surface area is 426 Å². The Kier molecular flexibility index (Phi) is 10.6. The van der Waals surface area contributed by atoms with Gasteiger partial charge in [0, 0.05) is 95.2 Å². The van der Waals surface area contributed by atoms with E-state index >= 15 is 0 Å². The summed E-state index contributed by atoms with van der Waals surface area (Å²) in [6.45, 7) is 4.50. The zero-order valence-corrected chi connectivity index (χ0v) is 40.7. The number of H-pyrrole nitrogens is 4. The minimum atomic E-state index is -0.381. The second kappa shape index (κ2) is 17.8. The lowest BCUT2D eigenvalue weighted by atomic mass is 9.87. The number of rotatable bonds is 4. The number of esters is 1. The van der Waals surface area contributed by atoms with E-state index < -0.39 is 0 Å². The van der Waals surface area contributed by atoms with Gasteiger partial charge in [-0.15, -0.1) is 0 Å². The summed E-state index contributed by atoms with van der Waals surface area (Å²) in [6, 6.07) is 51.3. The van der Waals surface area contributed by atoms with Gasteiger partial charge in [0.2, 0.25) is 0 Å². The third-order valence-corrected chi connectivity index (χ3v) is 13.8. The molecule has 0 saturated carbocycles. The molecule has 0 fully saturated rings. The first kappa shape index (κ1) is 44.1. The van der Waals surface area contributed by atoms with Crippen molar-refractivity contribution in [3.8, 4) is 45.2 Å². The van der Waals surface area contributed by atoms with Crippen molar-refractivity contribution in [2.45, 2.75) is 25.7 Å². The molecule has 10 nitrogen and oxygen atoms in total. The molecule has 3 aromatic carbocycles. The van der Waals surface area contributed by atoms with Gasteiger partial charge in [-0.25, -0.2) is 19.7 Å². The van der Waals surface area contributed by atoms with Crippen LogP contribution in [-0.2, 0) is 16.6 Å². The topological polar surface area (TPSA) is 141 Å². The van der Waals surface area contributed by atoms with Crippen LogP contribution in [0, 0.1) is 11.8 Å². The number of carbonyl (C=O) groups is 1. The van der Waals surface area contributed by atoms with Crippen molar-refractivity contribution in [2.75, 3.05) is 7.11 Å². The van der Waals surface area contributed by atoms with E-state index in [1.54, 1.807) is 12.1 Å². The second-order valence-electron chi connectivity index (χ2n) is 19.5. The first-order chi connectivity index (χ1) is 36.1. The third kappa shape index (κ3) is 8.52. The van der Waals surface area contributed by atoms with Crippen LogP contribution >= 0.6 is 0 Å². The monoisotopic (exact) mass is 958 g/mol. The van der Waals surface area contributed by atoms with E-state index in [2.05, 4.69) is 173 Å². The van der Waals surface area contributed by atoms with Crippen LogP contribution in [0.15, 0.2) is 152 Å². The Bertz CT molecular complexity index is 4300. The Morgan fingerprint density at radius 3 is 1.30 bits per heavy atom. The molecular weight excluding hydrogens is 913 g/mol. The van der Waals surface area contributed by atoms with Crippen LogP contribution in [0.25, 0.3) is 114 Å². The van der Waals surface area contributed by atoms with Gasteiger partial charge in [-0.2, -0.15) is 0 Å². The molecule has 13 rings (SSSR count). The smallest absolute Gasteiger partial charge is 0.337 e. The second-order valence-corrected chi connectivity index (χ2v) is 19.5. The molecule has 10 heterocycles. The zero-order valence-electron chi connectivity index (χ0n) is 40.7. The van der Waals surface area contributed by atoms with E-state index in [1.165, 1.54) is 7.11 Å². The molecular formula is C64H46N8O2. The van der Waals surface area contributed by atoms with Crippen LogP contribution < -0.4 is 0 Å². The average Bonchev–Trinajstić information content (AvgIpc) is 4.27. The van der Waals surface area contributed by atoms with E-state index in [0.29, 0.717) is 5.56 Å². The number of aromatic nitrogens is 8.